The van der Waals surface area contributed by atoms with Gasteiger partial charge in [0.15, 0.2) is 5.82 Å². The first-order chi connectivity index (χ1) is 10.3. The number of nitrogens with zero attached hydrogens (tertiary/aromatic N) is 3. The average Bonchev–Trinajstić information content (AvgIpc) is 3.27. The molecule has 1 aromatic rings. The third-order valence-corrected chi connectivity index (χ3v) is 4.37. The van der Waals surface area contributed by atoms with Gasteiger partial charge in [-0.1, -0.05) is 5.16 Å². The number of aryl methyl sites for hydroxylation is 1. The molecule has 21 heavy (non-hydrogen) atoms. The number of carbonyl (C=O) groups excluding carboxylic acids is 1. The van der Waals surface area contributed by atoms with Gasteiger partial charge in [-0.3, -0.25) is 4.79 Å². The predicted molar refractivity (Wildman–Crippen MR) is 75.6 cm³/mol. The van der Waals surface area contributed by atoms with Gasteiger partial charge < -0.3 is 14.5 Å². The van der Waals surface area contributed by atoms with Crippen molar-refractivity contribution in [2.75, 3.05) is 13.2 Å². The maximum atomic E-state index is 12.2. The second kappa shape index (κ2) is 6.56. The molecule has 1 atom stereocenters. The number of amides is 1. The van der Waals surface area contributed by atoms with E-state index in [0.717, 1.165) is 50.9 Å². The van der Waals surface area contributed by atoms with Crippen molar-refractivity contribution in [3.63, 3.8) is 0 Å². The highest BCUT2D eigenvalue weighted by molar-refractivity contribution is 5.76. The van der Waals surface area contributed by atoms with Gasteiger partial charge in [-0.05, 0) is 38.5 Å². The zero-order valence-corrected chi connectivity index (χ0v) is 12.3. The number of aromatic nitrogens is 2. The van der Waals surface area contributed by atoms with Gasteiger partial charge in [0.05, 0.1) is 12.6 Å². The van der Waals surface area contributed by atoms with Crippen molar-refractivity contribution in [1.82, 2.24) is 15.0 Å². The van der Waals surface area contributed by atoms with Crippen LogP contribution in [0.2, 0.25) is 0 Å². The third kappa shape index (κ3) is 3.61. The number of aliphatic hydroxyl groups excluding tert-OH is 1. The van der Waals surface area contributed by atoms with Crippen LogP contribution >= 0.6 is 0 Å². The van der Waals surface area contributed by atoms with Crippen molar-refractivity contribution in [3.8, 4) is 0 Å². The van der Waals surface area contributed by atoms with E-state index in [4.69, 9.17) is 4.52 Å². The molecule has 1 saturated heterocycles. The van der Waals surface area contributed by atoms with Crippen LogP contribution in [0.15, 0.2) is 4.52 Å². The van der Waals surface area contributed by atoms with Crippen LogP contribution in [0.5, 0.6) is 0 Å². The minimum Gasteiger partial charge on any atom is -0.394 e. The molecule has 1 amide bonds. The summed E-state index contributed by atoms with van der Waals surface area (Å²) in [6.07, 6.45) is 7.23. The second-order valence-corrected chi connectivity index (χ2v) is 6.09. The molecular formula is C15H23N3O3. The third-order valence-electron chi connectivity index (χ3n) is 4.37. The molecule has 1 aliphatic heterocycles. The van der Waals surface area contributed by atoms with E-state index in [0.29, 0.717) is 24.7 Å². The lowest BCUT2D eigenvalue weighted by molar-refractivity contribution is -0.136. The molecule has 1 N–H and O–H groups in total. The first-order valence-corrected chi connectivity index (χ1v) is 8.00. The SMILES string of the molecule is O=C(CCCc1nc(C2CC2)no1)N1CCCCC1CO. The van der Waals surface area contributed by atoms with E-state index in [1.807, 2.05) is 4.90 Å². The van der Waals surface area contributed by atoms with Gasteiger partial charge in [-0.2, -0.15) is 4.98 Å². The van der Waals surface area contributed by atoms with Crippen molar-refractivity contribution in [2.24, 2.45) is 0 Å². The smallest absolute Gasteiger partial charge is 0.226 e. The van der Waals surface area contributed by atoms with E-state index < -0.39 is 0 Å². The fourth-order valence-corrected chi connectivity index (χ4v) is 2.93. The van der Waals surface area contributed by atoms with Crippen LogP contribution < -0.4 is 0 Å². The van der Waals surface area contributed by atoms with Crippen molar-refractivity contribution >= 4 is 5.91 Å². The maximum Gasteiger partial charge on any atom is 0.226 e. The Labute approximate surface area is 124 Å². The highest BCUT2D eigenvalue weighted by Crippen LogP contribution is 2.38. The molecule has 116 valence electrons. The molecule has 0 bridgehead atoms. The van der Waals surface area contributed by atoms with Crippen LogP contribution in [-0.4, -0.2) is 45.2 Å². The summed E-state index contributed by atoms with van der Waals surface area (Å²) < 4.78 is 5.21. The number of hydrogen-bond donors (Lipinski definition) is 1. The Kier molecular flexibility index (Phi) is 4.53. The Bertz CT molecular complexity index is 484. The Hall–Kier alpha value is -1.43. The monoisotopic (exact) mass is 293 g/mol. The highest BCUT2D eigenvalue weighted by atomic mass is 16.5. The van der Waals surface area contributed by atoms with E-state index in [2.05, 4.69) is 10.1 Å². The van der Waals surface area contributed by atoms with Crippen LogP contribution in [0.3, 0.4) is 0 Å². The number of likely N-dealkylation sites (tertiary alicyclic amines) is 1. The summed E-state index contributed by atoms with van der Waals surface area (Å²) in [5, 5.41) is 13.3. The standard InChI is InChI=1S/C15H23N3O3/c19-10-12-4-1-2-9-18(12)14(20)6-3-5-13-16-15(17-21-13)11-7-8-11/h11-12,19H,1-10H2. The molecule has 6 heteroatoms. The molecule has 2 aliphatic rings. The molecule has 0 spiro atoms. The molecule has 0 radical (unpaired) electrons. The molecule has 2 fully saturated rings. The maximum absolute atomic E-state index is 12.2. The number of carbonyl (C=O) groups is 1. The van der Waals surface area contributed by atoms with Gasteiger partial charge in [0.25, 0.3) is 0 Å². The van der Waals surface area contributed by atoms with Crippen LogP contribution in [0.25, 0.3) is 0 Å². The Balaban J connectivity index is 1.44. The number of aliphatic hydroxyl groups is 1. The lowest BCUT2D eigenvalue weighted by atomic mass is 10.0. The van der Waals surface area contributed by atoms with E-state index in [9.17, 15) is 9.90 Å². The van der Waals surface area contributed by atoms with Gasteiger partial charge >= 0.3 is 0 Å². The van der Waals surface area contributed by atoms with Gasteiger partial charge in [0.1, 0.15) is 0 Å². The Morgan fingerprint density at radius 2 is 2.19 bits per heavy atom. The summed E-state index contributed by atoms with van der Waals surface area (Å²) in [5.74, 6) is 2.10. The lowest BCUT2D eigenvalue weighted by Crippen LogP contribution is -2.45. The normalized spacial score (nSPS) is 22.5. The van der Waals surface area contributed by atoms with Crippen LogP contribution in [0, 0.1) is 0 Å². The number of hydrogen-bond acceptors (Lipinski definition) is 5. The van der Waals surface area contributed by atoms with Crippen molar-refractivity contribution in [2.45, 2.75) is 63.3 Å². The Morgan fingerprint density at radius 1 is 1.33 bits per heavy atom. The second-order valence-electron chi connectivity index (χ2n) is 6.09. The summed E-state index contributed by atoms with van der Waals surface area (Å²) in [7, 11) is 0. The summed E-state index contributed by atoms with van der Waals surface area (Å²) in [6, 6.07) is 0.0103. The summed E-state index contributed by atoms with van der Waals surface area (Å²) in [4.78, 5) is 18.4. The highest BCUT2D eigenvalue weighted by Gasteiger charge is 2.29. The van der Waals surface area contributed by atoms with Gasteiger partial charge in [-0.25, -0.2) is 0 Å². The zero-order chi connectivity index (χ0) is 14.7. The van der Waals surface area contributed by atoms with Crippen LogP contribution in [0.1, 0.15) is 62.6 Å². The fourth-order valence-electron chi connectivity index (χ4n) is 2.93. The molecule has 1 aromatic heterocycles. The molecule has 3 rings (SSSR count). The summed E-state index contributed by atoms with van der Waals surface area (Å²) in [6.45, 7) is 0.844. The topological polar surface area (TPSA) is 79.5 Å². The van der Waals surface area contributed by atoms with Crippen LogP contribution in [-0.2, 0) is 11.2 Å². The molecular weight excluding hydrogens is 270 g/mol. The van der Waals surface area contributed by atoms with Gasteiger partial charge in [0.2, 0.25) is 11.8 Å². The fraction of sp³-hybridized carbons (Fsp3) is 0.800. The minimum absolute atomic E-state index is 0.0103. The zero-order valence-electron chi connectivity index (χ0n) is 12.3. The van der Waals surface area contributed by atoms with Crippen LogP contribution in [0.4, 0.5) is 0 Å². The number of piperidine rings is 1. The van der Waals surface area contributed by atoms with Gasteiger partial charge in [0, 0.05) is 25.3 Å². The minimum atomic E-state index is 0.0103. The molecule has 1 aliphatic carbocycles. The van der Waals surface area contributed by atoms with E-state index in [-0.39, 0.29) is 18.6 Å². The van der Waals surface area contributed by atoms with E-state index in [1.165, 1.54) is 0 Å². The first kappa shape index (κ1) is 14.5. The molecule has 1 saturated carbocycles. The quantitative estimate of drug-likeness (QED) is 0.862. The average molecular weight is 293 g/mol. The molecule has 1 unspecified atom stereocenters. The molecule has 2 heterocycles. The molecule has 6 nitrogen and oxygen atoms in total. The van der Waals surface area contributed by atoms with Crippen molar-refractivity contribution in [1.29, 1.82) is 0 Å². The van der Waals surface area contributed by atoms with E-state index in [1.54, 1.807) is 0 Å². The predicted octanol–water partition coefficient (Wildman–Crippen LogP) is 1.64. The summed E-state index contributed by atoms with van der Waals surface area (Å²) >= 11 is 0. The first-order valence-electron chi connectivity index (χ1n) is 8.00. The Morgan fingerprint density at radius 3 is 2.95 bits per heavy atom. The lowest BCUT2D eigenvalue weighted by Gasteiger charge is -2.34. The molecule has 0 aromatic carbocycles. The van der Waals surface area contributed by atoms with E-state index >= 15 is 0 Å². The van der Waals surface area contributed by atoms with Crippen molar-refractivity contribution in [3.05, 3.63) is 11.7 Å². The number of rotatable bonds is 6. The van der Waals surface area contributed by atoms with Crippen molar-refractivity contribution < 1.29 is 14.4 Å². The summed E-state index contributed by atoms with van der Waals surface area (Å²) in [5.41, 5.74) is 0. The largest absolute Gasteiger partial charge is 0.394 e. The van der Waals surface area contributed by atoms with Gasteiger partial charge in [-0.15, -0.1) is 0 Å².